The molecule has 0 saturated heterocycles. The van der Waals surface area contributed by atoms with Gasteiger partial charge >= 0.3 is 0 Å². The van der Waals surface area contributed by atoms with Crippen molar-refractivity contribution in [2.45, 2.75) is 46.7 Å². The van der Waals surface area contributed by atoms with Crippen LogP contribution in [0.25, 0.3) is 11.1 Å². The molecule has 4 aromatic rings. The van der Waals surface area contributed by atoms with Gasteiger partial charge in [-0.25, -0.2) is 13.8 Å². The van der Waals surface area contributed by atoms with Gasteiger partial charge in [0.25, 0.3) is 11.5 Å². The molecular formula is C33H36F2N4O2. The summed E-state index contributed by atoms with van der Waals surface area (Å²) in [6.45, 7) is 8.37. The third kappa shape index (κ3) is 6.43. The van der Waals surface area contributed by atoms with Crippen LogP contribution in [0.4, 0.5) is 8.78 Å². The fourth-order valence-electron chi connectivity index (χ4n) is 5.12. The summed E-state index contributed by atoms with van der Waals surface area (Å²) in [5.41, 5.74) is 7.83. The molecule has 0 aliphatic rings. The van der Waals surface area contributed by atoms with Crippen LogP contribution in [0.5, 0.6) is 0 Å². The van der Waals surface area contributed by atoms with Crippen LogP contribution in [0, 0.1) is 31.4 Å². The predicted molar refractivity (Wildman–Crippen MR) is 158 cm³/mol. The average molecular weight is 559 g/mol. The number of benzene rings is 3. The molecule has 1 unspecified atom stereocenters. The van der Waals surface area contributed by atoms with Crippen molar-refractivity contribution in [3.63, 3.8) is 0 Å². The van der Waals surface area contributed by atoms with Crippen LogP contribution in [0.3, 0.4) is 0 Å². The molecule has 41 heavy (non-hydrogen) atoms. The Morgan fingerprint density at radius 2 is 1.66 bits per heavy atom. The first kappa shape index (κ1) is 29.8. The summed E-state index contributed by atoms with van der Waals surface area (Å²) in [7, 11) is 0. The van der Waals surface area contributed by atoms with Crippen molar-refractivity contribution in [3.05, 3.63) is 123 Å². The number of nitrogens with two attached hydrogens (primary N) is 1. The molecule has 1 aromatic heterocycles. The first-order valence-electron chi connectivity index (χ1n) is 13.8. The van der Waals surface area contributed by atoms with Crippen LogP contribution in [0.15, 0.2) is 77.6 Å². The van der Waals surface area contributed by atoms with Gasteiger partial charge in [0.2, 0.25) is 0 Å². The highest BCUT2D eigenvalue weighted by Gasteiger charge is 2.33. The fraction of sp³-hybridized carbons (Fsp3) is 0.303. The summed E-state index contributed by atoms with van der Waals surface area (Å²) in [6, 6.07) is 19.9. The number of halogens is 2. The molecule has 0 fully saturated rings. The normalized spacial score (nSPS) is 12.0. The molecule has 214 valence electrons. The third-order valence-corrected chi connectivity index (χ3v) is 7.18. The number of aromatic nitrogens is 2. The van der Waals surface area contributed by atoms with E-state index in [2.05, 4.69) is 0 Å². The van der Waals surface area contributed by atoms with Crippen LogP contribution in [-0.2, 0) is 6.54 Å². The van der Waals surface area contributed by atoms with E-state index in [0.29, 0.717) is 30.9 Å². The maximum absolute atomic E-state index is 15.0. The quantitative estimate of drug-likeness (QED) is 0.257. The van der Waals surface area contributed by atoms with E-state index in [1.165, 1.54) is 16.7 Å². The van der Waals surface area contributed by atoms with E-state index in [4.69, 9.17) is 10.7 Å². The Labute approximate surface area is 239 Å². The van der Waals surface area contributed by atoms with Gasteiger partial charge in [-0.1, -0.05) is 74.0 Å². The number of carbonyl (C=O) groups excluding carboxylic acids is 1. The molecule has 2 N–H and O–H groups in total. The summed E-state index contributed by atoms with van der Waals surface area (Å²) >= 11 is 0. The van der Waals surface area contributed by atoms with Gasteiger partial charge in [0.15, 0.2) is 11.6 Å². The van der Waals surface area contributed by atoms with Gasteiger partial charge in [0.05, 0.1) is 23.8 Å². The lowest BCUT2D eigenvalue weighted by atomic mass is 9.97. The smallest absolute Gasteiger partial charge is 0.262 e. The van der Waals surface area contributed by atoms with E-state index in [9.17, 15) is 18.4 Å². The maximum atomic E-state index is 15.0. The lowest BCUT2D eigenvalue weighted by molar-refractivity contribution is 0.0602. The Morgan fingerprint density at radius 1 is 0.976 bits per heavy atom. The molecule has 0 bridgehead atoms. The van der Waals surface area contributed by atoms with Crippen molar-refractivity contribution in [1.82, 2.24) is 14.5 Å². The Bertz CT molecular complexity index is 1570. The zero-order valence-corrected chi connectivity index (χ0v) is 23.9. The third-order valence-electron chi connectivity index (χ3n) is 7.18. The number of amides is 1. The molecule has 1 atom stereocenters. The highest BCUT2D eigenvalue weighted by molar-refractivity contribution is 5.94. The van der Waals surface area contributed by atoms with Gasteiger partial charge in [0, 0.05) is 17.7 Å². The molecule has 8 heteroatoms. The lowest BCUT2D eigenvalue weighted by Gasteiger charge is -2.36. The Kier molecular flexibility index (Phi) is 9.45. The van der Waals surface area contributed by atoms with Gasteiger partial charge in [-0.15, -0.1) is 0 Å². The second kappa shape index (κ2) is 13.0. The van der Waals surface area contributed by atoms with Crippen molar-refractivity contribution in [2.75, 3.05) is 13.1 Å². The lowest BCUT2D eigenvalue weighted by Crippen LogP contribution is -2.42. The van der Waals surface area contributed by atoms with E-state index in [1.807, 2.05) is 63.2 Å². The number of rotatable bonds is 10. The molecule has 0 aliphatic heterocycles. The molecule has 0 spiro atoms. The van der Waals surface area contributed by atoms with Gasteiger partial charge in [-0.3, -0.25) is 14.2 Å². The number of hydrogen-bond donors (Lipinski definition) is 1. The van der Waals surface area contributed by atoms with Gasteiger partial charge in [0.1, 0.15) is 5.82 Å². The van der Waals surface area contributed by atoms with E-state index < -0.39 is 23.2 Å². The second-order valence-electron chi connectivity index (χ2n) is 10.6. The SMILES string of the molecule is Cc1ccc(C(=O)N(CCCN)C(c2nc(C)c(-c3cccc(F)c3F)c(=O)n2Cc2ccccc2)C(C)C)cc1. The van der Waals surface area contributed by atoms with Crippen LogP contribution in [0.1, 0.15) is 59.3 Å². The number of aryl methyl sites for hydroxylation is 2. The second-order valence-corrected chi connectivity index (χ2v) is 10.6. The fourth-order valence-corrected chi connectivity index (χ4v) is 5.12. The van der Waals surface area contributed by atoms with Crippen molar-refractivity contribution < 1.29 is 13.6 Å². The Balaban J connectivity index is 1.96. The van der Waals surface area contributed by atoms with Gasteiger partial charge in [-0.2, -0.15) is 0 Å². The van der Waals surface area contributed by atoms with E-state index in [1.54, 1.807) is 24.0 Å². The standard InChI is InChI=1S/C33H36F2N4O2/c1-21(2)30(38(19-9-18-36)32(40)25-16-14-22(3)15-17-25)31-37-23(4)28(26-12-8-13-27(34)29(26)35)33(41)39(31)20-24-10-6-5-7-11-24/h5-8,10-17,21,30H,9,18-20,36H2,1-4H3. The predicted octanol–water partition coefficient (Wildman–Crippen LogP) is 6.04. The largest absolute Gasteiger partial charge is 0.330 e. The molecular weight excluding hydrogens is 522 g/mol. The number of hydrogen-bond acceptors (Lipinski definition) is 4. The zero-order valence-electron chi connectivity index (χ0n) is 23.9. The number of nitrogens with zero attached hydrogens (tertiary/aromatic N) is 3. The molecule has 1 amide bonds. The van der Waals surface area contributed by atoms with Crippen molar-refractivity contribution >= 4 is 5.91 Å². The summed E-state index contributed by atoms with van der Waals surface area (Å²) in [4.78, 5) is 34.8. The zero-order chi connectivity index (χ0) is 29.7. The van der Waals surface area contributed by atoms with E-state index in [0.717, 1.165) is 17.2 Å². The van der Waals surface area contributed by atoms with E-state index >= 15 is 0 Å². The van der Waals surface area contributed by atoms with Crippen LogP contribution in [-0.4, -0.2) is 33.4 Å². The number of carbonyl (C=O) groups is 1. The van der Waals surface area contributed by atoms with Crippen LogP contribution in [0.2, 0.25) is 0 Å². The Morgan fingerprint density at radius 3 is 2.29 bits per heavy atom. The van der Waals surface area contributed by atoms with Crippen molar-refractivity contribution in [3.8, 4) is 11.1 Å². The molecule has 0 saturated carbocycles. The van der Waals surface area contributed by atoms with Gasteiger partial charge < -0.3 is 10.6 Å². The molecule has 6 nitrogen and oxygen atoms in total. The monoisotopic (exact) mass is 558 g/mol. The Hall–Kier alpha value is -4.17. The topological polar surface area (TPSA) is 81.2 Å². The van der Waals surface area contributed by atoms with Gasteiger partial charge in [-0.05, 0) is 56.5 Å². The average Bonchev–Trinajstić information content (AvgIpc) is 2.95. The minimum atomic E-state index is -1.10. The van der Waals surface area contributed by atoms with E-state index in [-0.39, 0.29) is 35.2 Å². The summed E-state index contributed by atoms with van der Waals surface area (Å²) in [5.74, 6) is -2.11. The minimum absolute atomic E-state index is 0.0115. The first-order chi connectivity index (χ1) is 19.6. The highest BCUT2D eigenvalue weighted by atomic mass is 19.2. The molecule has 1 heterocycles. The van der Waals surface area contributed by atoms with Crippen molar-refractivity contribution in [2.24, 2.45) is 11.7 Å². The van der Waals surface area contributed by atoms with Crippen molar-refractivity contribution in [1.29, 1.82) is 0 Å². The maximum Gasteiger partial charge on any atom is 0.262 e. The summed E-state index contributed by atoms with van der Waals surface area (Å²) in [6.07, 6.45) is 0.551. The molecule has 4 rings (SSSR count). The van der Waals surface area contributed by atoms with Crippen LogP contribution < -0.4 is 11.3 Å². The minimum Gasteiger partial charge on any atom is -0.330 e. The molecule has 0 radical (unpaired) electrons. The summed E-state index contributed by atoms with van der Waals surface area (Å²) < 4.78 is 30.7. The summed E-state index contributed by atoms with van der Waals surface area (Å²) in [5, 5.41) is 0. The highest BCUT2D eigenvalue weighted by Crippen LogP contribution is 2.32. The molecule has 0 aliphatic carbocycles. The molecule has 3 aromatic carbocycles. The first-order valence-corrected chi connectivity index (χ1v) is 13.8. The van der Waals surface area contributed by atoms with Crippen LogP contribution >= 0.6 is 0 Å².